The molecule has 1 amide bonds. The summed E-state index contributed by atoms with van der Waals surface area (Å²) in [5.74, 6) is 0.164. The molecular formula is C16H24N2O3S. The van der Waals surface area contributed by atoms with Gasteiger partial charge in [-0.05, 0) is 31.4 Å². The maximum Gasteiger partial charge on any atom is 0.221 e. The summed E-state index contributed by atoms with van der Waals surface area (Å²) in [6, 6.07) is 9.44. The third-order valence-electron chi connectivity index (χ3n) is 3.78. The molecule has 1 aliphatic rings. The first kappa shape index (κ1) is 17.0. The molecule has 22 heavy (non-hydrogen) atoms. The first-order valence-corrected chi connectivity index (χ1v) is 9.62. The average Bonchev–Trinajstić information content (AvgIpc) is 2.97. The average molecular weight is 324 g/mol. The largest absolute Gasteiger partial charge is 0.356 e. The van der Waals surface area contributed by atoms with Crippen molar-refractivity contribution in [1.82, 2.24) is 10.6 Å². The molecule has 1 atom stereocenters. The Morgan fingerprint density at radius 1 is 1.27 bits per heavy atom. The zero-order valence-corrected chi connectivity index (χ0v) is 13.6. The fourth-order valence-corrected chi connectivity index (χ4v) is 4.08. The van der Waals surface area contributed by atoms with Crippen LogP contribution in [0.4, 0.5) is 0 Å². The molecular weight excluding hydrogens is 300 g/mol. The van der Waals surface area contributed by atoms with E-state index in [1.165, 1.54) is 0 Å². The van der Waals surface area contributed by atoms with Crippen LogP contribution in [0.2, 0.25) is 0 Å². The lowest BCUT2D eigenvalue weighted by atomic mass is 10.1. The number of amides is 1. The van der Waals surface area contributed by atoms with Crippen LogP contribution in [0.3, 0.4) is 0 Å². The highest BCUT2D eigenvalue weighted by Gasteiger charge is 2.17. The second-order valence-corrected chi connectivity index (χ2v) is 7.96. The lowest BCUT2D eigenvalue weighted by molar-refractivity contribution is -0.121. The minimum absolute atomic E-state index is 0.000132. The first-order valence-electron chi connectivity index (χ1n) is 7.79. The van der Waals surface area contributed by atoms with Gasteiger partial charge in [-0.1, -0.05) is 30.3 Å². The quantitative estimate of drug-likeness (QED) is 0.706. The molecule has 0 spiro atoms. The molecule has 122 valence electrons. The van der Waals surface area contributed by atoms with E-state index < -0.39 is 9.84 Å². The highest BCUT2D eigenvalue weighted by molar-refractivity contribution is 7.90. The molecule has 0 radical (unpaired) electrons. The number of hydrogen-bond donors (Lipinski definition) is 2. The van der Waals surface area contributed by atoms with Crippen molar-refractivity contribution >= 4 is 15.7 Å². The standard InChI is InChI=1S/C16H24N2O3S/c19-16(12-15-8-4-9-17-15)18-10-5-11-22(20,21)13-14-6-2-1-3-7-14/h1-3,6-7,15,17H,4-5,8-13H2,(H,18,19). The van der Waals surface area contributed by atoms with Crippen molar-refractivity contribution < 1.29 is 13.2 Å². The van der Waals surface area contributed by atoms with Crippen LogP contribution < -0.4 is 10.6 Å². The number of carbonyl (C=O) groups excluding carboxylic acids is 1. The molecule has 2 rings (SSSR count). The van der Waals surface area contributed by atoms with Gasteiger partial charge >= 0.3 is 0 Å². The minimum Gasteiger partial charge on any atom is -0.356 e. The number of carbonyl (C=O) groups is 1. The Bertz CT molecular complexity index is 566. The summed E-state index contributed by atoms with van der Waals surface area (Å²) in [7, 11) is -3.12. The molecule has 1 saturated heterocycles. The molecule has 1 unspecified atom stereocenters. The third kappa shape index (κ3) is 6.15. The summed E-state index contributed by atoms with van der Waals surface area (Å²) < 4.78 is 24.0. The predicted octanol–water partition coefficient (Wildman–Crippen LogP) is 1.25. The summed E-state index contributed by atoms with van der Waals surface area (Å²) in [4.78, 5) is 11.7. The molecule has 1 aromatic carbocycles. The van der Waals surface area contributed by atoms with Gasteiger partial charge in [0.15, 0.2) is 9.84 Å². The Morgan fingerprint density at radius 2 is 2.05 bits per heavy atom. The summed E-state index contributed by atoms with van der Waals surface area (Å²) in [5, 5.41) is 6.08. The topological polar surface area (TPSA) is 75.3 Å². The van der Waals surface area contributed by atoms with Gasteiger partial charge in [0, 0.05) is 19.0 Å². The minimum atomic E-state index is -3.12. The lowest BCUT2D eigenvalue weighted by Gasteiger charge is -2.10. The Morgan fingerprint density at radius 3 is 2.73 bits per heavy atom. The normalized spacial score (nSPS) is 18.3. The second kappa shape index (κ2) is 8.29. The molecule has 5 nitrogen and oxygen atoms in total. The van der Waals surface area contributed by atoms with Gasteiger partial charge in [-0.3, -0.25) is 4.79 Å². The van der Waals surface area contributed by atoms with E-state index in [0.717, 1.165) is 24.9 Å². The summed E-state index contributed by atoms with van der Waals surface area (Å²) in [6.07, 6.45) is 3.10. The van der Waals surface area contributed by atoms with Gasteiger partial charge in [-0.25, -0.2) is 8.42 Å². The Hall–Kier alpha value is -1.40. The van der Waals surface area contributed by atoms with E-state index in [2.05, 4.69) is 10.6 Å². The summed E-state index contributed by atoms with van der Waals surface area (Å²) in [6.45, 7) is 1.40. The van der Waals surface area contributed by atoms with Crippen LogP contribution in [0.1, 0.15) is 31.2 Å². The van der Waals surface area contributed by atoms with Crippen molar-refractivity contribution in [2.75, 3.05) is 18.8 Å². The SMILES string of the molecule is O=C(CC1CCCN1)NCCCS(=O)(=O)Cc1ccccc1. The van der Waals surface area contributed by atoms with Crippen molar-refractivity contribution in [2.24, 2.45) is 0 Å². The van der Waals surface area contributed by atoms with E-state index in [1.54, 1.807) is 0 Å². The fourth-order valence-electron chi connectivity index (χ4n) is 2.65. The van der Waals surface area contributed by atoms with Gasteiger partial charge in [0.2, 0.25) is 5.91 Å². The van der Waals surface area contributed by atoms with E-state index >= 15 is 0 Å². The molecule has 1 fully saturated rings. The van der Waals surface area contributed by atoms with Crippen LogP contribution in [0.15, 0.2) is 30.3 Å². The van der Waals surface area contributed by atoms with Crippen molar-refractivity contribution in [3.8, 4) is 0 Å². The molecule has 2 N–H and O–H groups in total. The second-order valence-electron chi connectivity index (χ2n) is 5.78. The molecule has 1 aromatic rings. The monoisotopic (exact) mass is 324 g/mol. The van der Waals surface area contributed by atoms with Crippen LogP contribution >= 0.6 is 0 Å². The lowest BCUT2D eigenvalue weighted by Crippen LogP contribution is -2.32. The van der Waals surface area contributed by atoms with Gasteiger partial charge in [0.1, 0.15) is 0 Å². The van der Waals surface area contributed by atoms with Crippen LogP contribution in [0.5, 0.6) is 0 Å². The van der Waals surface area contributed by atoms with Gasteiger partial charge < -0.3 is 10.6 Å². The molecule has 1 heterocycles. The van der Waals surface area contributed by atoms with Crippen LogP contribution in [0, 0.1) is 0 Å². The Kier molecular flexibility index (Phi) is 6.39. The van der Waals surface area contributed by atoms with E-state index in [9.17, 15) is 13.2 Å². The summed E-state index contributed by atoms with van der Waals surface area (Å²) >= 11 is 0. The maximum atomic E-state index is 12.0. The fraction of sp³-hybridized carbons (Fsp3) is 0.562. The molecule has 1 aliphatic heterocycles. The molecule has 0 bridgehead atoms. The highest BCUT2D eigenvalue weighted by Crippen LogP contribution is 2.09. The van der Waals surface area contributed by atoms with E-state index in [-0.39, 0.29) is 23.5 Å². The van der Waals surface area contributed by atoms with Crippen LogP contribution in [-0.2, 0) is 20.4 Å². The number of hydrogen-bond acceptors (Lipinski definition) is 4. The number of rotatable bonds is 8. The Balaban J connectivity index is 1.63. The van der Waals surface area contributed by atoms with Crippen molar-refractivity contribution in [3.63, 3.8) is 0 Å². The van der Waals surface area contributed by atoms with Crippen molar-refractivity contribution in [2.45, 2.75) is 37.5 Å². The Labute approximate surface area is 132 Å². The van der Waals surface area contributed by atoms with Gasteiger partial charge in [0.25, 0.3) is 0 Å². The number of nitrogens with one attached hydrogen (secondary N) is 2. The third-order valence-corrected chi connectivity index (χ3v) is 5.46. The maximum absolute atomic E-state index is 12.0. The molecule has 0 saturated carbocycles. The zero-order valence-electron chi connectivity index (χ0n) is 12.8. The van der Waals surface area contributed by atoms with E-state index in [1.807, 2.05) is 30.3 Å². The van der Waals surface area contributed by atoms with Crippen LogP contribution in [0.25, 0.3) is 0 Å². The molecule has 6 heteroatoms. The van der Waals surface area contributed by atoms with Gasteiger partial charge in [-0.2, -0.15) is 0 Å². The zero-order chi connectivity index (χ0) is 15.8. The first-order chi connectivity index (χ1) is 10.6. The van der Waals surface area contributed by atoms with Crippen molar-refractivity contribution in [3.05, 3.63) is 35.9 Å². The van der Waals surface area contributed by atoms with E-state index in [0.29, 0.717) is 19.4 Å². The molecule has 0 aliphatic carbocycles. The van der Waals surface area contributed by atoms with Gasteiger partial charge in [-0.15, -0.1) is 0 Å². The summed E-state index contributed by atoms with van der Waals surface area (Å²) in [5.41, 5.74) is 0.804. The predicted molar refractivity (Wildman–Crippen MR) is 87.2 cm³/mol. The smallest absolute Gasteiger partial charge is 0.221 e. The number of benzene rings is 1. The number of sulfone groups is 1. The highest BCUT2D eigenvalue weighted by atomic mass is 32.2. The van der Waals surface area contributed by atoms with Crippen LogP contribution in [-0.4, -0.2) is 39.2 Å². The molecule has 0 aromatic heterocycles. The van der Waals surface area contributed by atoms with Gasteiger partial charge in [0.05, 0.1) is 11.5 Å². The van der Waals surface area contributed by atoms with E-state index in [4.69, 9.17) is 0 Å². The van der Waals surface area contributed by atoms with Crippen molar-refractivity contribution in [1.29, 1.82) is 0 Å².